The van der Waals surface area contributed by atoms with Gasteiger partial charge in [-0.3, -0.25) is 5.32 Å². The molecule has 31 heavy (non-hydrogen) atoms. The van der Waals surface area contributed by atoms with Crippen molar-refractivity contribution in [2.45, 2.75) is 39.0 Å². The molecule has 6 nitrogen and oxygen atoms in total. The normalized spacial score (nSPS) is 15.3. The van der Waals surface area contributed by atoms with Gasteiger partial charge in [0.2, 0.25) is 0 Å². The van der Waals surface area contributed by atoms with Gasteiger partial charge in [0.15, 0.2) is 11.4 Å². The first-order valence-electron chi connectivity index (χ1n) is 9.21. The summed E-state index contributed by atoms with van der Waals surface area (Å²) in [7, 11) is 0. The lowest BCUT2D eigenvalue weighted by atomic mass is 9.94. The first-order valence-corrected chi connectivity index (χ1v) is 10.8. The van der Waals surface area contributed by atoms with Gasteiger partial charge in [0, 0.05) is 18.7 Å². The molecule has 0 saturated heterocycles. The number of halogens is 4. The predicted molar refractivity (Wildman–Crippen MR) is 116 cm³/mol. The minimum absolute atomic E-state index is 0.0278. The van der Waals surface area contributed by atoms with E-state index >= 15 is 0 Å². The maximum atomic E-state index is 13.8. The van der Waals surface area contributed by atoms with Crippen LogP contribution < -0.4 is 5.32 Å². The molecule has 168 valence electrons. The summed E-state index contributed by atoms with van der Waals surface area (Å²) < 4.78 is 46.8. The number of nitriles is 1. The number of ether oxygens (including phenoxy) is 1. The van der Waals surface area contributed by atoms with Gasteiger partial charge in [0.1, 0.15) is 5.60 Å². The number of thioether (sulfide) groups is 1. The number of rotatable bonds is 2. The quantitative estimate of drug-likeness (QED) is 0.253. The van der Waals surface area contributed by atoms with Gasteiger partial charge in [-0.15, -0.1) is 0 Å². The molecule has 1 aromatic carbocycles. The van der Waals surface area contributed by atoms with Crippen LogP contribution in [0.2, 0.25) is 5.02 Å². The van der Waals surface area contributed by atoms with Crippen molar-refractivity contribution in [2.24, 2.45) is 4.99 Å². The number of alkyl halides is 3. The zero-order valence-electron chi connectivity index (χ0n) is 17.4. The Morgan fingerprint density at radius 1 is 1.35 bits per heavy atom. The average Bonchev–Trinajstić information content (AvgIpc) is 2.65. The van der Waals surface area contributed by atoms with Crippen LogP contribution in [0.25, 0.3) is 5.57 Å². The van der Waals surface area contributed by atoms with E-state index in [1.54, 1.807) is 39.3 Å². The molecule has 1 N–H and O–H groups in total. The predicted octanol–water partition coefficient (Wildman–Crippen LogP) is 5.80. The first-order chi connectivity index (χ1) is 14.4. The third kappa shape index (κ3) is 6.80. The molecule has 0 fully saturated rings. The highest BCUT2D eigenvalue weighted by Gasteiger charge is 2.36. The molecule has 1 heterocycles. The van der Waals surface area contributed by atoms with E-state index in [9.17, 15) is 18.0 Å². The second kappa shape index (κ2) is 9.83. The largest absolute Gasteiger partial charge is 0.444 e. The van der Waals surface area contributed by atoms with Gasteiger partial charge in [0.05, 0.1) is 16.3 Å². The van der Waals surface area contributed by atoms with Gasteiger partial charge in [-0.2, -0.15) is 18.4 Å². The molecule has 1 aliphatic heterocycles. The van der Waals surface area contributed by atoms with Crippen LogP contribution in [-0.4, -0.2) is 41.1 Å². The van der Waals surface area contributed by atoms with E-state index in [1.165, 1.54) is 11.0 Å². The van der Waals surface area contributed by atoms with Gasteiger partial charge in [0.25, 0.3) is 0 Å². The van der Waals surface area contributed by atoms with Crippen LogP contribution in [0.15, 0.2) is 23.2 Å². The smallest absolute Gasteiger partial charge is 0.417 e. The summed E-state index contributed by atoms with van der Waals surface area (Å²) >= 11 is 7.33. The topological polar surface area (TPSA) is 77.7 Å². The Morgan fingerprint density at radius 3 is 2.52 bits per heavy atom. The molecule has 0 spiro atoms. The van der Waals surface area contributed by atoms with E-state index < -0.39 is 23.4 Å². The van der Waals surface area contributed by atoms with E-state index in [-0.39, 0.29) is 41.0 Å². The van der Waals surface area contributed by atoms with Crippen LogP contribution in [0.4, 0.5) is 23.7 Å². The van der Waals surface area contributed by atoms with Crippen LogP contribution in [-0.2, 0) is 10.9 Å². The summed E-state index contributed by atoms with van der Waals surface area (Å²) in [6.07, 6.45) is -0.138. The monoisotopic (exact) mass is 474 g/mol. The molecule has 1 amide bonds. The molecule has 0 aliphatic carbocycles. The summed E-state index contributed by atoms with van der Waals surface area (Å²) in [6.45, 7) is 5.54. The lowest BCUT2D eigenvalue weighted by molar-refractivity contribution is -0.137. The number of amides is 1. The highest BCUT2D eigenvalue weighted by molar-refractivity contribution is 8.13. The van der Waals surface area contributed by atoms with Crippen LogP contribution in [0.3, 0.4) is 0 Å². The van der Waals surface area contributed by atoms with Crippen LogP contribution in [0.5, 0.6) is 0 Å². The zero-order valence-corrected chi connectivity index (χ0v) is 19.0. The van der Waals surface area contributed by atoms with Crippen molar-refractivity contribution in [1.29, 1.82) is 5.26 Å². The van der Waals surface area contributed by atoms with Gasteiger partial charge in [-0.1, -0.05) is 29.4 Å². The van der Waals surface area contributed by atoms with Crippen molar-refractivity contribution in [2.75, 3.05) is 19.3 Å². The molecular weight excluding hydrogens is 453 g/mol. The van der Waals surface area contributed by atoms with E-state index in [4.69, 9.17) is 21.6 Å². The second-order valence-corrected chi connectivity index (χ2v) is 8.81. The van der Waals surface area contributed by atoms with E-state index in [0.29, 0.717) is 5.57 Å². The summed E-state index contributed by atoms with van der Waals surface area (Å²) in [6, 6.07) is 2.22. The van der Waals surface area contributed by atoms with Gasteiger partial charge < -0.3 is 9.64 Å². The van der Waals surface area contributed by atoms with Crippen LogP contribution in [0, 0.1) is 11.5 Å². The Hall–Kier alpha value is -2.38. The van der Waals surface area contributed by atoms with Crippen LogP contribution >= 0.6 is 23.4 Å². The maximum absolute atomic E-state index is 13.8. The fraction of sp³-hybridized carbons (Fsp3) is 0.450. The number of aliphatic imine (C=N–C) groups is 1. The van der Waals surface area contributed by atoms with Crippen molar-refractivity contribution < 1.29 is 22.7 Å². The number of carbonyl (C=O) groups is 1. The Kier molecular flexibility index (Phi) is 7.89. The van der Waals surface area contributed by atoms with Gasteiger partial charge in [-0.05, 0) is 51.2 Å². The lowest BCUT2D eigenvalue weighted by Crippen LogP contribution is -2.39. The summed E-state index contributed by atoms with van der Waals surface area (Å²) in [4.78, 5) is 17.7. The van der Waals surface area contributed by atoms with E-state index in [2.05, 4.69) is 10.3 Å². The molecule has 0 bridgehead atoms. The van der Waals surface area contributed by atoms with Gasteiger partial charge in [-0.25, -0.2) is 9.79 Å². The lowest BCUT2D eigenvalue weighted by Gasteiger charge is -2.30. The van der Waals surface area contributed by atoms with E-state index in [1.807, 2.05) is 0 Å². The standard InChI is InChI=1S/C20H22ClF3N4O2S/c1-19(2,3)30-18(29)28-7-5-12(6-8-28)16-14(20(22,23)24)9-13(10-15(16)21)27-17(31-4)26-11-25/h5,9-10H,6-8H2,1-4H3,(H,26,27). The number of hydrogen-bond donors (Lipinski definition) is 1. The molecule has 0 unspecified atom stereocenters. The van der Waals surface area contributed by atoms with Crippen molar-refractivity contribution in [3.05, 3.63) is 34.4 Å². The summed E-state index contributed by atoms with van der Waals surface area (Å²) in [5.41, 5.74) is -1.35. The molecule has 2 rings (SSSR count). The average molecular weight is 475 g/mol. The Morgan fingerprint density at radius 2 is 2.03 bits per heavy atom. The maximum Gasteiger partial charge on any atom is 0.417 e. The number of nitrogens with one attached hydrogen (secondary N) is 1. The third-order valence-corrected chi connectivity index (χ3v) is 5.03. The Balaban J connectivity index is 2.41. The number of amidine groups is 1. The molecule has 0 aromatic heterocycles. The SMILES string of the molecule is CS/C(=N/c1cc(Cl)c(C2=CCN(C(=O)OC(C)(C)C)CC2)c(C(F)(F)F)c1)NC#N. The first kappa shape index (κ1) is 24.9. The van der Waals surface area contributed by atoms with Crippen molar-refractivity contribution >= 4 is 45.9 Å². The molecule has 1 aliphatic rings. The van der Waals surface area contributed by atoms with E-state index in [0.717, 1.165) is 17.8 Å². The third-order valence-electron chi connectivity index (χ3n) is 4.15. The Labute approximate surface area is 188 Å². The van der Waals surface area contributed by atoms with Crippen molar-refractivity contribution in [3.63, 3.8) is 0 Å². The summed E-state index contributed by atoms with van der Waals surface area (Å²) in [5.74, 6) is 0. The highest BCUT2D eigenvalue weighted by atomic mass is 35.5. The molecule has 0 radical (unpaired) electrons. The number of carbonyl (C=O) groups excluding carboxylic acids is 1. The minimum Gasteiger partial charge on any atom is -0.444 e. The molecule has 11 heteroatoms. The molecule has 0 atom stereocenters. The fourth-order valence-electron chi connectivity index (χ4n) is 2.89. The number of nitrogens with zero attached hydrogens (tertiary/aromatic N) is 3. The van der Waals surface area contributed by atoms with Crippen LogP contribution in [0.1, 0.15) is 38.3 Å². The molecular formula is C20H22ClF3N4O2S. The number of hydrogen-bond acceptors (Lipinski definition) is 5. The molecule has 1 aromatic rings. The van der Waals surface area contributed by atoms with Crippen molar-refractivity contribution in [1.82, 2.24) is 10.2 Å². The zero-order chi connectivity index (χ0) is 23.4. The Bertz CT molecular complexity index is 949. The highest BCUT2D eigenvalue weighted by Crippen LogP contribution is 2.42. The summed E-state index contributed by atoms with van der Waals surface area (Å²) in [5, 5.41) is 11.1. The fourth-order valence-corrected chi connectivity index (χ4v) is 3.56. The van der Waals surface area contributed by atoms with Gasteiger partial charge >= 0.3 is 12.3 Å². The second-order valence-electron chi connectivity index (χ2n) is 7.61. The van der Waals surface area contributed by atoms with Crippen molar-refractivity contribution in [3.8, 4) is 6.19 Å². The molecule has 0 saturated carbocycles. The number of benzene rings is 1. The minimum atomic E-state index is -4.67.